The molecule has 0 aliphatic rings. The van der Waals surface area contributed by atoms with E-state index in [9.17, 15) is 4.79 Å². The highest BCUT2D eigenvalue weighted by Crippen LogP contribution is 2.37. The third kappa shape index (κ3) is 5.02. The molecule has 0 atom stereocenters. The minimum absolute atomic E-state index is 0.168. The number of benzene rings is 1. The van der Waals surface area contributed by atoms with Gasteiger partial charge in [0.2, 0.25) is 0 Å². The summed E-state index contributed by atoms with van der Waals surface area (Å²) in [5.41, 5.74) is 0.168. The first-order valence-corrected chi connectivity index (χ1v) is 7.22. The summed E-state index contributed by atoms with van der Waals surface area (Å²) in [6.45, 7) is 3.76. The van der Waals surface area contributed by atoms with Crippen LogP contribution in [-0.4, -0.2) is 49.8 Å². The molecular formula is C14H20BrNO4. The SMILES string of the molecule is CCOc1cc(C(=O)O)cc(Br)c1OCCCN(C)C. The van der Waals surface area contributed by atoms with Gasteiger partial charge in [0.25, 0.3) is 0 Å². The molecule has 0 unspecified atom stereocenters. The average molecular weight is 346 g/mol. The largest absolute Gasteiger partial charge is 0.490 e. The van der Waals surface area contributed by atoms with Gasteiger partial charge in [-0.2, -0.15) is 0 Å². The van der Waals surface area contributed by atoms with Gasteiger partial charge in [-0.25, -0.2) is 4.79 Å². The van der Waals surface area contributed by atoms with Crippen LogP contribution in [-0.2, 0) is 0 Å². The fraction of sp³-hybridized carbons (Fsp3) is 0.500. The van der Waals surface area contributed by atoms with Crippen molar-refractivity contribution < 1.29 is 19.4 Å². The summed E-state index contributed by atoms with van der Waals surface area (Å²) in [6, 6.07) is 3.00. The van der Waals surface area contributed by atoms with Crippen molar-refractivity contribution in [3.63, 3.8) is 0 Å². The van der Waals surface area contributed by atoms with Crippen LogP contribution < -0.4 is 9.47 Å². The normalized spacial score (nSPS) is 10.7. The quantitative estimate of drug-likeness (QED) is 0.734. The zero-order valence-electron chi connectivity index (χ0n) is 12.0. The van der Waals surface area contributed by atoms with Crippen molar-refractivity contribution in [3.05, 3.63) is 22.2 Å². The van der Waals surface area contributed by atoms with Crippen molar-refractivity contribution in [1.29, 1.82) is 0 Å². The van der Waals surface area contributed by atoms with Gasteiger partial charge in [0.15, 0.2) is 11.5 Å². The van der Waals surface area contributed by atoms with Crippen molar-refractivity contribution in [2.45, 2.75) is 13.3 Å². The summed E-state index contributed by atoms with van der Waals surface area (Å²) in [6.07, 6.45) is 0.881. The Morgan fingerprint density at radius 3 is 2.60 bits per heavy atom. The van der Waals surface area contributed by atoms with E-state index in [1.54, 1.807) is 0 Å². The molecule has 6 heteroatoms. The molecule has 0 fully saturated rings. The molecule has 5 nitrogen and oxygen atoms in total. The maximum absolute atomic E-state index is 11.0. The van der Waals surface area contributed by atoms with Gasteiger partial charge in [-0.05, 0) is 55.5 Å². The van der Waals surface area contributed by atoms with Gasteiger partial charge < -0.3 is 19.5 Å². The number of carbonyl (C=O) groups is 1. The lowest BCUT2D eigenvalue weighted by Crippen LogP contribution is -2.15. The monoisotopic (exact) mass is 345 g/mol. The van der Waals surface area contributed by atoms with Crippen LogP contribution in [0.25, 0.3) is 0 Å². The third-order valence-electron chi connectivity index (χ3n) is 2.55. The number of hydrogen-bond donors (Lipinski definition) is 1. The van der Waals surface area contributed by atoms with Gasteiger partial charge in [-0.3, -0.25) is 0 Å². The summed E-state index contributed by atoms with van der Waals surface area (Å²) in [5, 5.41) is 9.05. The molecule has 112 valence electrons. The first-order chi connectivity index (χ1) is 9.45. The number of aromatic carboxylic acids is 1. The minimum Gasteiger partial charge on any atom is -0.490 e. The number of carboxylic acids is 1. The van der Waals surface area contributed by atoms with Crippen LogP contribution in [0, 0.1) is 0 Å². The van der Waals surface area contributed by atoms with Crippen LogP contribution >= 0.6 is 15.9 Å². The predicted molar refractivity (Wildman–Crippen MR) is 80.9 cm³/mol. The van der Waals surface area contributed by atoms with Crippen molar-refractivity contribution >= 4 is 21.9 Å². The fourth-order valence-corrected chi connectivity index (χ4v) is 2.21. The summed E-state index contributed by atoms with van der Waals surface area (Å²) < 4.78 is 11.8. The van der Waals surface area contributed by atoms with Crippen LogP contribution in [0.5, 0.6) is 11.5 Å². The molecule has 0 amide bonds. The molecule has 0 bridgehead atoms. The van der Waals surface area contributed by atoms with Crippen LogP contribution in [0.4, 0.5) is 0 Å². The van der Waals surface area contributed by atoms with E-state index >= 15 is 0 Å². The average Bonchev–Trinajstić information content (AvgIpc) is 2.36. The second-order valence-corrected chi connectivity index (χ2v) is 5.38. The Morgan fingerprint density at radius 1 is 1.35 bits per heavy atom. The maximum atomic E-state index is 11.0. The van der Waals surface area contributed by atoms with E-state index in [1.165, 1.54) is 12.1 Å². The fourth-order valence-electron chi connectivity index (χ4n) is 1.65. The van der Waals surface area contributed by atoms with E-state index in [0.29, 0.717) is 29.2 Å². The molecule has 0 aromatic heterocycles. The molecule has 1 aromatic carbocycles. The van der Waals surface area contributed by atoms with E-state index < -0.39 is 5.97 Å². The highest BCUT2D eigenvalue weighted by Gasteiger charge is 2.15. The molecule has 0 aliphatic carbocycles. The number of hydrogen-bond acceptors (Lipinski definition) is 4. The Bertz CT molecular complexity index is 463. The molecule has 20 heavy (non-hydrogen) atoms. The van der Waals surface area contributed by atoms with Crippen molar-refractivity contribution in [2.24, 2.45) is 0 Å². The van der Waals surface area contributed by atoms with Gasteiger partial charge in [-0.1, -0.05) is 0 Å². The van der Waals surface area contributed by atoms with Crippen molar-refractivity contribution in [1.82, 2.24) is 4.90 Å². The van der Waals surface area contributed by atoms with E-state index in [-0.39, 0.29) is 5.56 Å². The summed E-state index contributed by atoms with van der Waals surface area (Å²) in [4.78, 5) is 13.1. The number of ether oxygens (including phenoxy) is 2. The molecule has 1 aromatic rings. The van der Waals surface area contributed by atoms with Crippen LogP contribution in [0.1, 0.15) is 23.7 Å². The van der Waals surface area contributed by atoms with Crippen molar-refractivity contribution in [2.75, 3.05) is 33.9 Å². The van der Waals surface area contributed by atoms with Crippen LogP contribution in [0.15, 0.2) is 16.6 Å². The number of halogens is 1. The zero-order chi connectivity index (χ0) is 15.1. The van der Waals surface area contributed by atoms with E-state index in [1.807, 2.05) is 21.0 Å². The molecule has 0 saturated heterocycles. The van der Waals surface area contributed by atoms with Gasteiger partial charge in [-0.15, -0.1) is 0 Å². The van der Waals surface area contributed by atoms with E-state index in [4.69, 9.17) is 14.6 Å². The summed E-state index contributed by atoms with van der Waals surface area (Å²) in [7, 11) is 4.01. The number of nitrogens with zero attached hydrogens (tertiary/aromatic N) is 1. The van der Waals surface area contributed by atoms with Crippen LogP contribution in [0.3, 0.4) is 0 Å². The standard InChI is InChI=1S/C14H20BrNO4/c1-4-19-12-9-10(14(17)18)8-11(15)13(12)20-7-5-6-16(2)3/h8-9H,4-7H2,1-3H3,(H,17,18). The molecule has 0 aliphatic heterocycles. The Hall–Kier alpha value is -1.27. The molecule has 0 saturated carbocycles. The molecule has 0 heterocycles. The molecule has 0 spiro atoms. The van der Waals surface area contributed by atoms with Crippen molar-refractivity contribution in [3.8, 4) is 11.5 Å². The molecule has 1 rings (SSSR count). The molecule has 1 N–H and O–H groups in total. The second kappa shape index (κ2) is 8.11. The predicted octanol–water partition coefficient (Wildman–Crippen LogP) is 2.88. The number of carboxylic acid groups (broad SMARTS) is 1. The lowest BCUT2D eigenvalue weighted by Gasteiger charge is -2.15. The van der Waals surface area contributed by atoms with Crippen LogP contribution in [0.2, 0.25) is 0 Å². The van der Waals surface area contributed by atoms with E-state index in [2.05, 4.69) is 20.8 Å². The topological polar surface area (TPSA) is 59.0 Å². The Labute approximate surface area is 127 Å². The second-order valence-electron chi connectivity index (χ2n) is 4.53. The molecular weight excluding hydrogens is 326 g/mol. The lowest BCUT2D eigenvalue weighted by atomic mass is 10.2. The highest BCUT2D eigenvalue weighted by molar-refractivity contribution is 9.10. The smallest absolute Gasteiger partial charge is 0.335 e. The van der Waals surface area contributed by atoms with Gasteiger partial charge in [0.05, 0.1) is 23.2 Å². The Balaban J connectivity index is 2.84. The number of rotatable bonds is 8. The summed E-state index contributed by atoms with van der Waals surface area (Å²) >= 11 is 3.34. The first kappa shape index (κ1) is 16.8. The minimum atomic E-state index is -0.995. The van der Waals surface area contributed by atoms with Gasteiger partial charge >= 0.3 is 5.97 Å². The van der Waals surface area contributed by atoms with Gasteiger partial charge in [0.1, 0.15) is 0 Å². The third-order valence-corrected chi connectivity index (χ3v) is 3.14. The highest BCUT2D eigenvalue weighted by atomic mass is 79.9. The maximum Gasteiger partial charge on any atom is 0.335 e. The molecule has 0 radical (unpaired) electrons. The lowest BCUT2D eigenvalue weighted by molar-refractivity contribution is 0.0696. The Kier molecular flexibility index (Phi) is 6.81. The zero-order valence-corrected chi connectivity index (χ0v) is 13.6. The van der Waals surface area contributed by atoms with Gasteiger partial charge in [0, 0.05) is 6.54 Å². The Morgan fingerprint density at radius 2 is 2.05 bits per heavy atom. The van der Waals surface area contributed by atoms with E-state index in [0.717, 1.165) is 13.0 Å². The first-order valence-electron chi connectivity index (χ1n) is 6.42. The summed E-state index contributed by atoms with van der Waals surface area (Å²) in [5.74, 6) is 0.00513.